The second-order valence-electron chi connectivity index (χ2n) is 6.81. The minimum absolute atomic E-state index is 0.0475. The van der Waals surface area contributed by atoms with Crippen LogP contribution in [0.25, 0.3) is 0 Å². The van der Waals surface area contributed by atoms with Gasteiger partial charge < -0.3 is 14.7 Å². The maximum Gasteiger partial charge on any atom is 0.309 e. The molecule has 0 atom stereocenters. The SMILES string of the molecule is CC(C)(C)OC(=O)CC1(O)CCN(c2ccc(Br)cn2)CC1. The van der Waals surface area contributed by atoms with E-state index in [0.717, 1.165) is 10.3 Å². The summed E-state index contributed by atoms with van der Waals surface area (Å²) in [6, 6.07) is 3.89. The molecule has 1 fully saturated rings. The summed E-state index contributed by atoms with van der Waals surface area (Å²) < 4.78 is 6.24. The number of nitrogens with zero attached hydrogens (tertiary/aromatic N) is 2. The molecule has 1 aromatic heterocycles. The Morgan fingerprint density at radius 3 is 2.55 bits per heavy atom. The average molecular weight is 371 g/mol. The number of pyridine rings is 1. The first kappa shape index (κ1) is 17.2. The highest BCUT2D eigenvalue weighted by Gasteiger charge is 2.36. The Labute approximate surface area is 139 Å². The third-order valence-electron chi connectivity index (χ3n) is 3.62. The molecule has 0 unspecified atom stereocenters. The third-order valence-corrected chi connectivity index (χ3v) is 4.09. The zero-order valence-electron chi connectivity index (χ0n) is 13.3. The van der Waals surface area contributed by atoms with Crippen LogP contribution in [0, 0.1) is 0 Å². The summed E-state index contributed by atoms with van der Waals surface area (Å²) in [7, 11) is 0. The largest absolute Gasteiger partial charge is 0.460 e. The Kier molecular flexibility index (Phi) is 5.12. The van der Waals surface area contributed by atoms with Gasteiger partial charge in [0.1, 0.15) is 11.4 Å². The number of piperidine rings is 1. The van der Waals surface area contributed by atoms with E-state index in [0.29, 0.717) is 25.9 Å². The van der Waals surface area contributed by atoms with Gasteiger partial charge in [0.25, 0.3) is 0 Å². The van der Waals surface area contributed by atoms with E-state index in [1.54, 1.807) is 6.20 Å². The van der Waals surface area contributed by atoms with Crippen LogP contribution in [-0.4, -0.2) is 40.4 Å². The molecule has 1 saturated heterocycles. The van der Waals surface area contributed by atoms with Crippen LogP contribution in [-0.2, 0) is 9.53 Å². The Bertz CT molecular complexity index is 517. The lowest BCUT2D eigenvalue weighted by Gasteiger charge is -2.38. The molecule has 22 heavy (non-hydrogen) atoms. The standard InChI is InChI=1S/C16H23BrN2O3/c1-15(2,3)22-14(20)10-16(21)6-8-19(9-7-16)13-5-4-12(17)11-18-13/h4-5,11,21H,6-10H2,1-3H3. The Hall–Kier alpha value is -1.14. The summed E-state index contributed by atoms with van der Waals surface area (Å²) in [4.78, 5) is 18.4. The highest BCUT2D eigenvalue weighted by atomic mass is 79.9. The van der Waals surface area contributed by atoms with E-state index in [2.05, 4.69) is 25.8 Å². The van der Waals surface area contributed by atoms with E-state index in [1.807, 2.05) is 32.9 Å². The van der Waals surface area contributed by atoms with E-state index in [4.69, 9.17) is 4.74 Å². The average Bonchev–Trinajstić information content (AvgIpc) is 2.38. The van der Waals surface area contributed by atoms with Gasteiger partial charge in [-0.3, -0.25) is 4.79 Å². The zero-order chi connectivity index (χ0) is 16.4. The number of carbonyl (C=O) groups is 1. The summed E-state index contributed by atoms with van der Waals surface area (Å²) in [6.45, 7) is 6.84. The number of carbonyl (C=O) groups excluding carboxylic acids is 1. The van der Waals surface area contributed by atoms with Crippen LogP contribution in [0.5, 0.6) is 0 Å². The predicted octanol–water partition coefficient (Wildman–Crippen LogP) is 2.91. The van der Waals surface area contributed by atoms with Gasteiger partial charge in [-0.25, -0.2) is 4.98 Å². The molecule has 1 N–H and O–H groups in total. The number of ether oxygens (including phenoxy) is 1. The molecule has 0 saturated carbocycles. The molecular formula is C16H23BrN2O3. The van der Waals surface area contributed by atoms with Crippen LogP contribution in [0.15, 0.2) is 22.8 Å². The second-order valence-corrected chi connectivity index (χ2v) is 7.72. The Morgan fingerprint density at radius 1 is 1.41 bits per heavy atom. The fraction of sp³-hybridized carbons (Fsp3) is 0.625. The number of hydrogen-bond acceptors (Lipinski definition) is 5. The van der Waals surface area contributed by atoms with Crippen LogP contribution in [0.1, 0.15) is 40.0 Å². The van der Waals surface area contributed by atoms with Crippen molar-refractivity contribution in [3.05, 3.63) is 22.8 Å². The molecular weight excluding hydrogens is 348 g/mol. The third kappa shape index (κ3) is 4.95. The number of halogens is 1. The van der Waals surface area contributed by atoms with Crippen molar-refractivity contribution < 1.29 is 14.6 Å². The van der Waals surface area contributed by atoms with Gasteiger partial charge in [-0.1, -0.05) is 0 Å². The first-order chi connectivity index (χ1) is 10.2. The number of anilines is 1. The molecule has 122 valence electrons. The van der Waals surface area contributed by atoms with Crippen molar-refractivity contribution in [1.82, 2.24) is 4.98 Å². The highest BCUT2D eigenvalue weighted by molar-refractivity contribution is 9.10. The maximum absolute atomic E-state index is 11.9. The van der Waals surface area contributed by atoms with Crippen molar-refractivity contribution in [2.75, 3.05) is 18.0 Å². The van der Waals surface area contributed by atoms with E-state index in [9.17, 15) is 9.90 Å². The fourth-order valence-electron chi connectivity index (χ4n) is 2.53. The molecule has 1 aliphatic heterocycles. The molecule has 0 amide bonds. The highest BCUT2D eigenvalue weighted by Crippen LogP contribution is 2.29. The summed E-state index contributed by atoms with van der Waals surface area (Å²) in [5.41, 5.74) is -1.50. The van der Waals surface area contributed by atoms with Crippen LogP contribution >= 0.6 is 15.9 Å². The quantitative estimate of drug-likeness (QED) is 0.828. The maximum atomic E-state index is 11.9. The van der Waals surface area contributed by atoms with Gasteiger partial charge in [-0.05, 0) is 61.7 Å². The predicted molar refractivity (Wildman–Crippen MR) is 88.8 cm³/mol. The van der Waals surface area contributed by atoms with Crippen LogP contribution in [0.3, 0.4) is 0 Å². The normalized spacial score (nSPS) is 18.1. The molecule has 2 heterocycles. The topological polar surface area (TPSA) is 62.7 Å². The Balaban J connectivity index is 1.90. The van der Waals surface area contributed by atoms with Gasteiger partial charge >= 0.3 is 5.97 Å². The fourth-order valence-corrected chi connectivity index (χ4v) is 2.76. The molecule has 1 aromatic rings. The first-order valence-electron chi connectivity index (χ1n) is 7.48. The summed E-state index contributed by atoms with van der Waals surface area (Å²) >= 11 is 3.37. The van der Waals surface area contributed by atoms with Crippen molar-refractivity contribution in [1.29, 1.82) is 0 Å². The lowest BCUT2D eigenvalue weighted by atomic mass is 9.88. The van der Waals surface area contributed by atoms with Crippen molar-refractivity contribution >= 4 is 27.7 Å². The van der Waals surface area contributed by atoms with E-state index in [-0.39, 0.29) is 12.4 Å². The van der Waals surface area contributed by atoms with Crippen LogP contribution in [0.2, 0.25) is 0 Å². The van der Waals surface area contributed by atoms with Gasteiger partial charge in [-0.15, -0.1) is 0 Å². The molecule has 6 heteroatoms. The van der Waals surface area contributed by atoms with Gasteiger partial charge in [0.05, 0.1) is 12.0 Å². The minimum atomic E-state index is -0.978. The molecule has 0 bridgehead atoms. The molecule has 0 aliphatic carbocycles. The van der Waals surface area contributed by atoms with Crippen molar-refractivity contribution in [3.63, 3.8) is 0 Å². The smallest absolute Gasteiger partial charge is 0.309 e. The van der Waals surface area contributed by atoms with Crippen LogP contribution in [0.4, 0.5) is 5.82 Å². The van der Waals surface area contributed by atoms with Crippen molar-refractivity contribution in [2.24, 2.45) is 0 Å². The number of hydrogen-bond donors (Lipinski definition) is 1. The molecule has 0 aromatic carbocycles. The van der Waals surface area contributed by atoms with Crippen molar-refractivity contribution in [2.45, 2.75) is 51.2 Å². The lowest BCUT2D eigenvalue weighted by Crippen LogP contribution is -2.46. The Morgan fingerprint density at radius 2 is 2.05 bits per heavy atom. The van der Waals surface area contributed by atoms with E-state index < -0.39 is 11.2 Å². The van der Waals surface area contributed by atoms with Crippen molar-refractivity contribution in [3.8, 4) is 0 Å². The van der Waals surface area contributed by atoms with Crippen LogP contribution < -0.4 is 4.90 Å². The molecule has 0 radical (unpaired) electrons. The summed E-state index contributed by atoms with van der Waals surface area (Å²) in [5, 5.41) is 10.6. The van der Waals surface area contributed by atoms with Gasteiger partial charge in [-0.2, -0.15) is 0 Å². The monoisotopic (exact) mass is 370 g/mol. The van der Waals surface area contributed by atoms with E-state index in [1.165, 1.54) is 0 Å². The zero-order valence-corrected chi connectivity index (χ0v) is 14.9. The van der Waals surface area contributed by atoms with E-state index >= 15 is 0 Å². The summed E-state index contributed by atoms with van der Waals surface area (Å²) in [5.74, 6) is 0.549. The number of aromatic nitrogens is 1. The number of esters is 1. The molecule has 0 spiro atoms. The van der Waals surface area contributed by atoms with Gasteiger partial charge in [0, 0.05) is 23.8 Å². The second kappa shape index (κ2) is 6.54. The molecule has 2 rings (SSSR count). The lowest BCUT2D eigenvalue weighted by molar-refractivity contribution is -0.161. The molecule has 5 nitrogen and oxygen atoms in total. The first-order valence-corrected chi connectivity index (χ1v) is 8.27. The minimum Gasteiger partial charge on any atom is -0.460 e. The number of aliphatic hydroxyl groups is 1. The van der Waals surface area contributed by atoms with Gasteiger partial charge in [0.2, 0.25) is 0 Å². The summed E-state index contributed by atoms with van der Waals surface area (Å²) in [6.07, 6.45) is 2.87. The molecule has 1 aliphatic rings. The number of rotatable bonds is 3. The van der Waals surface area contributed by atoms with Gasteiger partial charge in [0.15, 0.2) is 0 Å².